The molecule has 0 spiro atoms. The number of halogens is 3. The van der Waals surface area contributed by atoms with Crippen molar-refractivity contribution in [2.75, 3.05) is 26.3 Å². The molecule has 0 saturated carbocycles. The second-order valence-corrected chi connectivity index (χ2v) is 6.92. The van der Waals surface area contributed by atoms with Crippen molar-refractivity contribution in [3.8, 4) is 5.75 Å². The normalized spacial score (nSPS) is 16.4. The molecule has 0 unspecified atom stereocenters. The number of nitrogens with zero attached hydrogens (tertiary/aromatic N) is 1. The molecule has 1 aromatic carbocycles. The second kappa shape index (κ2) is 6.47. The number of carbonyl (C=O) groups excluding carboxylic acids is 1. The Morgan fingerprint density at radius 3 is 2.32 bits per heavy atom. The zero-order valence-electron chi connectivity index (χ0n) is 11.2. The molecular weight excluding hydrogens is 388 g/mol. The third kappa shape index (κ3) is 3.55. The highest BCUT2D eigenvalue weighted by molar-refractivity contribution is 9.10. The van der Waals surface area contributed by atoms with Gasteiger partial charge in [0.25, 0.3) is 0 Å². The summed E-state index contributed by atoms with van der Waals surface area (Å²) >= 11 is 3.11. The molecule has 2 rings (SSSR count). The summed E-state index contributed by atoms with van der Waals surface area (Å²) in [5, 5.41) is -4.67. The van der Waals surface area contributed by atoms with Gasteiger partial charge in [0.1, 0.15) is 5.75 Å². The van der Waals surface area contributed by atoms with Crippen molar-refractivity contribution in [1.29, 1.82) is 0 Å². The summed E-state index contributed by atoms with van der Waals surface area (Å²) in [5.74, 6) is -2.12. The minimum atomic E-state index is -5.45. The predicted octanol–water partition coefficient (Wildman–Crippen LogP) is 1.61. The van der Waals surface area contributed by atoms with Crippen molar-refractivity contribution >= 4 is 32.0 Å². The van der Waals surface area contributed by atoms with Crippen LogP contribution in [0.1, 0.15) is 0 Å². The fourth-order valence-electron chi connectivity index (χ4n) is 1.73. The number of carbonyl (C=O) groups is 1. The van der Waals surface area contributed by atoms with E-state index in [1.807, 2.05) is 0 Å². The van der Waals surface area contributed by atoms with E-state index >= 15 is 0 Å². The monoisotopic (exact) mass is 399 g/mol. The smallest absolute Gasteiger partial charge is 0.378 e. The standard InChI is InChI=1S/C12H12BrF2NO5S/c13-9-1-3-10(4-2-9)21-22(18,19)12(14,15)11(17)16-5-7-20-8-6-16/h1-4H,5-8H2. The maximum absolute atomic E-state index is 14.0. The van der Waals surface area contributed by atoms with E-state index in [2.05, 4.69) is 20.1 Å². The average molecular weight is 400 g/mol. The Hall–Kier alpha value is -1.26. The van der Waals surface area contributed by atoms with Gasteiger partial charge in [0, 0.05) is 17.6 Å². The van der Waals surface area contributed by atoms with Crippen molar-refractivity contribution < 1.29 is 30.9 Å². The van der Waals surface area contributed by atoms with Crippen LogP contribution < -0.4 is 4.18 Å². The van der Waals surface area contributed by atoms with E-state index in [9.17, 15) is 22.0 Å². The molecule has 0 bridgehead atoms. The van der Waals surface area contributed by atoms with Gasteiger partial charge in [-0.15, -0.1) is 0 Å². The molecule has 1 amide bonds. The van der Waals surface area contributed by atoms with Crippen LogP contribution >= 0.6 is 15.9 Å². The Kier molecular flexibility index (Phi) is 5.03. The molecule has 1 fully saturated rings. The van der Waals surface area contributed by atoms with E-state index in [0.29, 0.717) is 4.47 Å². The molecule has 22 heavy (non-hydrogen) atoms. The summed E-state index contributed by atoms with van der Waals surface area (Å²) in [5.41, 5.74) is 0. The van der Waals surface area contributed by atoms with Crippen LogP contribution in [-0.4, -0.2) is 50.8 Å². The molecule has 1 aromatic rings. The van der Waals surface area contributed by atoms with Gasteiger partial charge in [0.2, 0.25) is 0 Å². The summed E-state index contributed by atoms with van der Waals surface area (Å²) in [6, 6.07) is 5.23. The van der Waals surface area contributed by atoms with Gasteiger partial charge in [-0.05, 0) is 24.3 Å². The van der Waals surface area contributed by atoms with Crippen LogP contribution in [0.5, 0.6) is 5.75 Å². The Morgan fingerprint density at radius 2 is 1.77 bits per heavy atom. The number of hydrogen-bond acceptors (Lipinski definition) is 5. The lowest BCUT2D eigenvalue weighted by atomic mass is 10.3. The average Bonchev–Trinajstić information content (AvgIpc) is 2.49. The van der Waals surface area contributed by atoms with Crippen molar-refractivity contribution in [1.82, 2.24) is 4.90 Å². The number of rotatable bonds is 4. The van der Waals surface area contributed by atoms with Crippen molar-refractivity contribution in [3.63, 3.8) is 0 Å². The number of hydrogen-bond donors (Lipinski definition) is 0. The van der Waals surface area contributed by atoms with Gasteiger partial charge < -0.3 is 13.8 Å². The van der Waals surface area contributed by atoms with Gasteiger partial charge in [-0.25, -0.2) is 0 Å². The van der Waals surface area contributed by atoms with E-state index in [1.54, 1.807) is 0 Å². The molecule has 0 radical (unpaired) electrons. The first-order valence-corrected chi connectivity index (χ1v) is 8.39. The zero-order chi connectivity index (χ0) is 16.4. The van der Waals surface area contributed by atoms with Crippen LogP contribution in [0.2, 0.25) is 0 Å². The molecule has 6 nitrogen and oxygen atoms in total. The lowest BCUT2D eigenvalue weighted by Gasteiger charge is -2.29. The first kappa shape index (κ1) is 17.1. The molecule has 1 aliphatic rings. The molecule has 0 aromatic heterocycles. The highest BCUT2D eigenvalue weighted by Gasteiger charge is 2.57. The summed E-state index contributed by atoms with van der Waals surface area (Å²) in [6.07, 6.45) is 0. The van der Waals surface area contributed by atoms with Crippen LogP contribution in [0, 0.1) is 0 Å². The van der Waals surface area contributed by atoms with Crippen molar-refractivity contribution in [3.05, 3.63) is 28.7 Å². The molecule has 0 N–H and O–H groups in total. The first-order valence-electron chi connectivity index (χ1n) is 6.18. The van der Waals surface area contributed by atoms with Gasteiger partial charge in [-0.2, -0.15) is 17.2 Å². The molecule has 122 valence electrons. The molecule has 1 saturated heterocycles. The third-order valence-corrected chi connectivity index (χ3v) is 4.62. The SMILES string of the molecule is O=C(N1CCOCC1)C(F)(F)S(=O)(=O)Oc1ccc(Br)cc1. The van der Waals surface area contributed by atoms with Crippen LogP contribution in [-0.2, 0) is 19.6 Å². The molecule has 1 heterocycles. The van der Waals surface area contributed by atoms with E-state index in [0.717, 1.165) is 4.90 Å². The van der Waals surface area contributed by atoms with Gasteiger partial charge in [-0.1, -0.05) is 15.9 Å². The number of alkyl halides is 2. The lowest BCUT2D eigenvalue weighted by Crippen LogP contribution is -2.52. The molecule has 0 atom stereocenters. The quantitative estimate of drug-likeness (QED) is 0.719. The summed E-state index contributed by atoms with van der Waals surface area (Å²) < 4.78 is 61.3. The maximum atomic E-state index is 14.0. The topological polar surface area (TPSA) is 72.9 Å². The molecule has 10 heteroatoms. The Labute approximate surface area is 134 Å². The van der Waals surface area contributed by atoms with E-state index in [-0.39, 0.29) is 32.1 Å². The number of amides is 1. The zero-order valence-corrected chi connectivity index (χ0v) is 13.6. The van der Waals surface area contributed by atoms with Gasteiger partial charge in [-0.3, -0.25) is 4.79 Å². The predicted molar refractivity (Wildman–Crippen MR) is 76.0 cm³/mol. The van der Waals surface area contributed by atoms with Crippen molar-refractivity contribution in [2.24, 2.45) is 0 Å². The minimum absolute atomic E-state index is 0.0788. The largest absolute Gasteiger partial charge is 0.458 e. The van der Waals surface area contributed by atoms with E-state index in [4.69, 9.17) is 4.74 Å². The highest BCUT2D eigenvalue weighted by Crippen LogP contribution is 2.29. The fraction of sp³-hybridized carbons (Fsp3) is 0.417. The van der Waals surface area contributed by atoms with Crippen LogP contribution in [0.4, 0.5) is 8.78 Å². The number of benzene rings is 1. The molecule has 0 aliphatic carbocycles. The van der Waals surface area contributed by atoms with E-state index in [1.165, 1.54) is 24.3 Å². The summed E-state index contributed by atoms with van der Waals surface area (Å²) in [7, 11) is -5.45. The van der Waals surface area contributed by atoms with Crippen LogP contribution in [0.3, 0.4) is 0 Å². The van der Waals surface area contributed by atoms with Gasteiger partial charge >= 0.3 is 21.3 Å². The third-order valence-electron chi connectivity index (χ3n) is 2.88. The number of morpholine rings is 1. The summed E-state index contributed by atoms with van der Waals surface area (Å²) in [6.45, 7) is -0.0324. The van der Waals surface area contributed by atoms with Crippen molar-refractivity contribution in [2.45, 2.75) is 5.25 Å². The van der Waals surface area contributed by atoms with E-state index < -0.39 is 21.3 Å². The maximum Gasteiger partial charge on any atom is 0.458 e. The highest BCUT2D eigenvalue weighted by atomic mass is 79.9. The Balaban J connectivity index is 2.18. The number of ether oxygens (including phenoxy) is 1. The molecule has 1 aliphatic heterocycles. The van der Waals surface area contributed by atoms with Gasteiger partial charge in [0.05, 0.1) is 13.2 Å². The molecular formula is C12H12BrF2NO5S. The Morgan fingerprint density at radius 1 is 1.23 bits per heavy atom. The Bertz CT molecular complexity index is 644. The summed E-state index contributed by atoms with van der Waals surface area (Å²) in [4.78, 5) is 12.5. The van der Waals surface area contributed by atoms with Crippen LogP contribution in [0.15, 0.2) is 28.7 Å². The first-order chi connectivity index (χ1) is 10.2. The van der Waals surface area contributed by atoms with Crippen LogP contribution in [0.25, 0.3) is 0 Å². The lowest BCUT2D eigenvalue weighted by molar-refractivity contribution is -0.151. The fourth-order valence-corrected chi connectivity index (χ4v) is 2.80. The minimum Gasteiger partial charge on any atom is -0.378 e. The van der Waals surface area contributed by atoms with Gasteiger partial charge in [0.15, 0.2) is 0 Å². The second-order valence-electron chi connectivity index (χ2n) is 4.41.